The Morgan fingerprint density at radius 2 is 1.93 bits per heavy atom. The van der Waals surface area contributed by atoms with Gasteiger partial charge in [0.1, 0.15) is 17.3 Å². The first-order chi connectivity index (χ1) is 13.7. The Hall–Kier alpha value is -2.96. The molecule has 0 saturated carbocycles. The van der Waals surface area contributed by atoms with Gasteiger partial charge in [-0.15, -0.1) is 0 Å². The van der Waals surface area contributed by atoms with Crippen LogP contribution in [0, 0.1) is 5.92 Å². The number of amides is 2. The average Bonchev–Trinajstić information content (AvgIpc) is 3.24. The first-order valence-electron chi connectivity index (χ1n) is 9.93. The summed E-state index contributed by atoms with van der Waals surface area (Å²) >= 11 is 0. The molecule has 0 spiro atoms. The van der Waals surface area contributed by atoms with E-state index in [9.17, 15) is 9.59 Å². The lowest BCUT2D eigenvalue weighted by molar-refractivity contribution is -0.119. The van der Waals surface area contributed by atoms with Crippen LogP contribution in [0.3, 0.4) is 0 Å². The normalized spacial score (nSPS) is 23.2. The van der Waals surface area contributed by atoms with Gasteiger partial charge in [0.2, 0.25) is 5.91 Å². The smallest absolute Gasteiger partial charge is 0.270 e. The van der Waals surface area contributed by atoms with E-state index in [2.05, 4.69) is 32.7 Å². The molecular weight excluding hydrogens is 354 g/mol. The van der Waals surface area contributed by atoms with Gasteiger partial charge in [-0.25, -0.2) is 9.97 Å². The number of anilines is 1. The Morgan fingerprint density at radius 1 is 1.07 bits per heavy atom. The number of rotatable bonds is 4. The monoisotopic (exact) mass is 377 g/mol. The molecule has 2 fully saturated rings. The van der Waals surface area contributed by atoms with Crippen LogP contribution in [0.4, 0.5) is 5.82 Å². The molecule has 4 heterocycles. The lowest BCUT2D eigenvalue weighted by Gasteiger charge is -2.26. The fourth-order valence-electron chi connectivity index (χ4n) is 4.51. The Labute approximate surface area is 163 Å². The fourth-order valence-corrected chi connectivity index (χ4v) is 4.51. The summed E-state index contributed by atoms with van der Waals surface area (Å²) in [5.41, 5.74) is 2.69. The predicted octanol–water partition coefficient (Wildman–Crippen LogP) is 0.872. The molecule has 7 heteroatoms. The van der Waals surface area contributed by atoms with Gasteiger partial charge in [0.15, 0.2) is 0 Å². The molecular formula is C21H23N5O2. The van der Waals surface area contributed by atoms with Crippen LogP contribution in [0.1, 0.15) is 33.9 Å². The highest BCUT2D eigenvalue weighted by molar-refractivity contribution is 5.96. The molecule has 3 aliphatic rings. The molecule has 7 nitrogen and oxygen atoms in total. The maximum atomic E-state index is 12.4. The van der Waals surface area contributed by atoms with Crippen molar-refractivity contribution in [3.8, 4) is 0 Å². The minimum absolute atomic E-state index is 0.112. The molecule has 5 rings (SSSR count). The molecule has 0 bridgehead atoms. The van der Waals surface area contributed by atoms with Gasteiger partial charge in [-0.3, -0.25) is 9.59 Å². The summed E-state index contributed by atoms with van der Waals surface area (Å²) in [4.78, 5) is 35.8. The lowest BCUT2D eigenvalue weighted by atomic mass is 10.0. The molecule has 2 N–H and O–H groups in total. The minimum atomic E-state index is -0.112. The van der Waals surface area contributed by atoms with Crippen molar-refractivity contribution in [2.24, 2.45) is 5.92 Å². The maximum absolute atomic E-state index is 12.4. The van der Waals surface area contributed by atoms with Crippen LogP contribution >= 0.6 is 0 Å². The summed E-state index contributed by atoms with van der Waals surface area (Å²) in [6.45, 7) is 2.16. The van der Waals surface area contributed by atoms with Gasteiger partial charge in [0.05, 0.1) is 6.04 Å². The van der Waals surface area contributed by atoms with E-state index in [4.69, 9.17) is 4.98 Å². The standard InChI is InChI=1S/C21H23N5O2/c27-18-10-14-11-26(12-16(14)23-18)20-15-8-9-22-21(28)19(15)24-17(25-20)7-6-13-4-2-1-3-5-13/h1-5,14,16H,6-12H2,(H,22,28)(H,23,27)/t14-,16+/m0/s1. The molecule has 28 heavy (non-hydrogen) atoms. The second-order valence-electron chi connectivity index (χ2n) is 7.83. The second-order valence-corrected chi connectivity index (χ2v) is 7.83. The first-order valence-corrected chi connectivity index (χ1v) is 9.93. The quantitative estimate of drug-likeness (QED) is 0.826. The van der Waals surface area contributed by atoms with Crippen molar-refractivity contribution >= 4 is 17.6 Å². The number of aryl methyl sites for hydroxylation is 2. The molecule has 2 saturated heterocycles. The molecule has 3 aliphatic heterocycles. The number of nitrogens with one attached hydrogen (secondary N) is 2. The van der Waals surface area contributed by atoms with E-state index in [0.717, 1.165) is 37.3 Å². The Morgan fingerprint density at radius 3 is 2.75 bits per heavy atom. The minimum Gasteiger partial charge on any atom is -0.354 e. The van der Waals surface area contributed by atoms with E-state index >= 15 is 0 Å². The highest BCUT2D eigenvalue weighted by Crippen LogP contribution is 2.32. The third-order valence-corrected chi connectivity index (χ3v) is 5.92. The third-order valence-electron chi connectivity index (χ3n) is 5.92. The molecule has 2 amide bonds. The van der Waals surface area contributed by atoms with Crippen molar-refractivity contribution in [2.45, 2.75) is 31.7 Å². The topological polar surface area (TPSA) is 87.2 Å². The lowest BCUT2D eigenvalue weighted by Crippen LogP contribution is -2.37. The van der Waals surface area contributed by atoms with Crippen LogP contribution in [0.25, 0.3) is 0 Å². The van der Waals surface area contributed by atoms with E-state index in [-0.39, 0.29) is 17.9 Å². The van der Waals surface area contributed by atoms with Gasteiger partial charge in [0, 0.05) is 44.0 Å². The Bertz CT molecular complexity index is 914. The zero-order chi connectivity index (χ0) is 19.1. The summed E-state index contributed by atoms with van der Waals surface area (Å²) in [7, 11) is 0. The summed E-state index contributed by atoms with van der Waals surface area (Å²) < 4.78 is 0. The van der Waals surface area contributed by atoms with Crippen molar-refractivity contribution in [2.75, 3.05) is 24.5 Å². The molecule has 0 aliphatic carbocycles. The number of hydrogen-bond acceptors (Lipinski definition) is 5. The van der Waals surface area contributed by atoms with Gasteiger partial charge in [-0.2, -0.15) is 0 Å². The predicted molar refractivity (Wildman–Crippen MR) is 104 cm³/mol. The highest BCUT2D eigenvalue weighted by Gasteiger charge is 2.41. The number of fused-ring (bicyclic) bond motifs is 2. The fraction of sp³-hybridized carbons (Fsp3) is 0.429. The molecule has 144 valence electrons. The van der Waals surface area contributed by atoms with Crippen LogP contribution in [0.5, 0.6) is 0 Å². The van der Waals surface area contributed by atoms with E-state index < -0.39 is 0 Å². The van der Waals surface area contributed by atoms with Gasteiger partial charge in [-0.05, 0) is 18.4 Å². The highest BCUT2D eigenvalue weighted by atomic mass is 16.2. The number of carbonyl (C=O) groups is 2. The summed E-state index contributed by atoms with van der Waals surface area (Å²) in [5.74, 6) is 1.94. The van der Waals surface area contributed by atoms with Crippen LogP contribution in [-0.2, 0) is 24.1 Å². The van der Waals surface area contributed by atoms with Crippen LogP contribution < -0.4 is 15.5 Å². The molecule has 2 atom stereocenters. The zero-order valence-corrected chi connectivity index (χ0v) is 15.6. The molecule has 2 aromatic rings. The van der Waals surface area contributed by atoms with Gasteiger partial charge in [-0.1, -0.05) is 30.3 Å². The second kappa shape index (κ2) is 6.89. The molecule has 1 aromatic carbocycles. The van der Waals surface area contributed by atoms with E-state index in [1.54, 1.807) is 0 Å². The number of carbonyl (C=O) groups excluding carboxylic acids is 2. The zero-order valence-electron chi connectivity index (χ0n) is 15.6. The SMILES string of the molecule is O=C1C[C@H]2CN(c3nc(CCc4ccccc4)nc4c3CCNC4=O)C[C@H]2N1. The van der Waals surface area contributed by atoms with Crippen molar-refractivity contribution in [1.29, 1.82) is 0 Å². The van der Waals surface area contributed by atoms with E-state index in [1.807, 2.05) is 18.2 Å². The van der Waals surface area contributed by atoms with Crippen molar-refractivity contribution in [1.82, 2.24) is 20.6 Å². The van der Waals surface area contributed by atoms with Crippen molar-refractivity contribution in [3.05, 3.63) is 53.0 Å². The molecule has 1 aromatic heterocycles. The molecule has 0 radical (unpaired) electrons. The van der Waals surface area contributed by atoms with Gasteiger partial charge in [0.25, 0.3) is 5.91 Å². The van der Waals surface area contributed by atoms with Crippen molar-refractivity contribution in [3.63, 3.8) is 0 Å². The average molecular weight is 377 g/mol. The maximum Gasteiger partial charge on any atom is 0.270 e. The van der Waals surface area contributed by atoms with Gasteiger partial charge < -0.3 is 15.5 Å². The van der Waals surface area contributed by atoms with Crippen LogP contribution in [0.15, 0.2) is 30.3 Å². The number of hydrogen-bond donors (Lipinski definition) is 2. The summed E-state index contributed by atoms with van der Waals surface area (Å²) in [5, 5.41) is 5.96. The van der Waals surface area contributed by atoms with Crippen LogP contribution in [0.2, 0.25) is 0 Å². The number of nitrogens with zero attached hydrogens (tertiary/aromatic N) is 3. The number of aromatic nitrogens is 2. The third kappa shape index (κ3) is 3.10. The summed E-state index contributed by atoms with van der Waals surface area (Å²) in [6.07, 6.45) is 2.85. The number of benzene rings is 1. The molecule has 0 unspecified atom stereocenters. The Balaban J connectivity index is 1.44. The largest absolute Gasteiger partial charge is 0.354 e. The van der Waals surface area contributed by atoms with E-state index in [0.29, 0.717) is 36.8 Å². The first kappa shape index (κ1) is 17.2. The Kier molecular flexibility index (Phi) is 4.22. The van der Waals surface area contributed by atoms with E-state index in [1.165, 1.54) is 5.56 Å². The van der Waals surface area contributed by atoms with Crippen molar-refractivity contribution < 1.29 is 9.59 Å². The van der Waals surface area contributed by atoms with Gasteiger partial charge >= 0.3 is 0 Å². The summed E-state index contributed by atoms with van der Waals surface area (Å²) in [6, 6.07) is 10.4. The van der Waals surface area contributed by atoms with Crippen LogP contribution in [-0.4, -0.2) is 47.5 Å².